The number of hydrogen-bond donors (Lipinski definition) is 1. The molecule has 28 heavy (non-hydrogen) atoms. The molecule has 1 saturated heterocycles. The molecule has 146 valence electrons. The number of benzene rings is 2. The van der Waals surface area contributed by atoms with E-state index in [2.05, 4.69) is 24.3 Å². The molecule has 0 radical (unpaired) electrons. The molecular formula is C23H25NO4. The Morgan fingerprint density at radius 2 is 1.71 bits per heavy atom. The Hall–Kier alpha value is -2.82. The second-order valence-corrected chi connectivity index (χ2v) is 7.78. The van der Waals surface area contributed by atoms with E-state index >= 15 is 0 Å². The molecule has 1 aliphatic heterocycles. The van der Waals surface area contributed by atoms with Crippen molar-refractivity contribution in [3.05, 3.63) is 59.7 Å². The van der Waals surface area contributed by atoms with Crippen molar-refractivity contribution in [3.63, 3.8) is 0 Å². The molecule has 0 spiro atoms. The molecule has 2 aliphatic rings. The summed E-state index contributed by atoms with van der Waals surface area (Å²) in [4.78, 5) is 25.6. The van der Waals surface area contributed by atoms with Crippen LogP contribution in [-0.2, 0) is 9.53 Å². The van der Waals surface area contributed by atoms with E-state index in [1.165, 1.54) is 22.3 Å². The molecule has 4 rings (SSSR count). The summed E-state index contributed by atoms with van der Waals surface area (Å²) in [6, 6.07) is 16.5. The normalized spacial score (nSPS) is 19.6. The molecule has 2 aromatic rings. The van der Waals surface area contributed by atoms with Crippen LogP contribution in [0.5, 0.6) is 0 Å². The number of fused-ring (bicyclic) bond motifs is 3. The van der Waals surface area contributed by atoms with Gasteiger partial charge in [-0.25, -0.2) is 4.79 Å². The fraction of sp³-hybridized carbons (Fsp3) is 0.391. The minimum absolute atomic E-state index is 0.0215. The zero-order valence-corrected chi connectivity index (χ0v) is 16.0. The number of aliphatic carboxylic acids is 1. The maximum Gasteiger partial charge on any atom is 0.409 e. The van der Waals surface area contributed by atoms with Gasteiger partial charge < -0.3 is 14.7 Å². The average molecular weight is 379 g/mol. The van der Waals surface area contributed by atoms with Crippen LogP contribution in [0, 0.1) is 11.8 Å². The number of likely N-dealkylation sites (tertiary alicyclic amines) is 1. The van der Waals surface area contributed by atoms with E-state index in [9.17, 15) is 14.7 Å². The lowest BCUT2D eigenvalue weighted by molar-refractivity contribution is -0.143. The number of carboxylic acid groups (broad SMARTS) is 1. The number of hydrogen-bond acceptors (Lipinski definition) is 3. The van der Waals surface area contributed by atoms with Gasteiger partial charge in [0.2, 0.25) is 0 Å². The fourth-order valence-corrected chi connectivity index (χ4v) is 4.47. The Bertz CT molecular complexity index is 848. The summed E-state index contributed by atoms with van der Waals surface area (Å²) < 4.78 is 5.71. The van der Waals surface area contributed by atoms with Crippen LogP contribution in [0.25, 0.3) is 11.1 Å². The van der Waals surface area contributed by atoms with Gasteiger partial charge in [0.15, 0.2) is 0 Å². The lowest BCUT2D eigenvalue weighted by Gasteiger charge is -2.34. The maximum absolute atomic E-state index is 12.7. The molecule has 0 aromatic heterocycles. The molecule has 1 heterocycles. The highest BCUT2D eigenvalue weighted by Gasteiger charge is 2.33. The molecule has 2 atom stereocenters. The van der Waals surface area contributed by atoms with Gasteiger partial charge >= 0.3 is 12.1 Å². The van der Waals surface area contributed by atoms with Gasteiger partial charge in [0.05, 0.1) is 5.92 Å². The second-order valence-electron chi connectivity index (χ2n) is 7.78. The van der Waals surface area contributed by atoms with Gasteiger partial charge in [0, 0.05) is 19.0 Å². The zero-order chi connectivity index (χ0) is 19.7. The minimum Gasteiger partial charge on any atom is -0.481 e. The largest absolute Gasteiger partial charge is 0.481 e. The summed E-state index contributed by atoms with van der Waals surface area (Å²) in [5.41, 5.74) is 4.78. The quantitative estimate of drug-likeness (QED) is 0.857. The number of carbonyl (C=O) groups excluding carboxylic acids is 1. The smallest absolute Gasteiger partial charge is 0.409 e. The first-order valence-corrected chi connectivity index (χ1v) is 9.89. The maximum atomic E-state index is 12.7. The highest BCUT2D eigenvalue weighted by molar-refractivity contribution is 5.79. The number of amides is 1. The average Bonchev–Trinajstić information content (AvgIpc) is 3.05. The summed E-state index contributed by atoms with van der Waals surface area (Å²) in [6.45, 7) is 3.08. The lowest BCUT2D eigenvalue weighted by atomic mass is 9.87. The van der Waals surface area contributed by atoms with Crippen LogP contribution in [0.15, 0.2) is 48.5 Å². The van der Waals surface area contributed by atoms with Crippen molar-refractivity contribution in [3.8, 4) is 11.1 Å². The van der Waals surface area contributed by atoms with Crippen LogP contribution in [0.4, 0.5) is 4.79 Å². The Balaban J connectivity index is 1.45. The monoisotopic (exact) mass is 379 g/mol. The van der Waals surface area contributed by atoms with Crippen LogP contribution < -0.4 is 0 Å². The number of carbonyl (C=O) groups is 2. The predicted molar refractivity (Wildman–Crippen MR) is 106 cm³/mol. The van der Waals surface area contributed by atoms with Gasteiger partial charge in [0.1, 0.15) is 6.61 Å². The van der Waals surface area contributed by atoms with Crippen molar-refractivity contribution in [2.24, 2.45) is 11.8 Å². The third-order valence-corrected chi connectivity index (χ3v) is 6.15. The van der Waals surface area contributed by atoms with E-state index < -0.39 is 11.9 Å². The first-order chi connectivity index (χ1) is 13.6. The first kappa shape index (κ1) is 18.5. The van der Waals surface area contributed by atoms with E-state index in [1.807, 2.05) is 24.3 Å². The number of nitrogens with zero attached hydrogens (tertiary/aromatic N) is 1. The van der Waals surface area contributed by atoms with Crippen molar-refractivity contribution in [2.75, 3.05) is 19.7 Å². The van der Waals surface area contributed by atoms with Crippen LogP contribution in [0.1, 0.15) is 36.8 Å². The second kappa shape index (κ2) is 7.66. The summed E-state index contributed by atoms with van der Waals surface area (Å²) >= 11 is 0. The third kappa shape index (κ3) is 3.37. The molecule has 5 heteroatoms. The molecular weight excluding hydrogens is 354 g/mol. The third-order valence-electron chi connectivity index (χ3n) is 6.15. The number of rotatable bonds is 4. The highest BCUT2D eigenvalue weighted by Crippen LogP contribution is 2.44. The summed E-state index contributed by atoms with van der Waals surface area (Å²) in [7, 11) is 0. The zero-order valence-electron chi connectivity index (χ0n) is 16.0. The molecule has 1 N–H and O–H groups in total. The van der Waals surface area contributed by atoms with Crippen molar-refractivity contribution < 1.29 is 19.4 Å². The fourth-order valence-electron chi connectivity index (χ4n) is 4.47. The Labute approximate surface area is 164 Å². The number of carboxylic acids is 1. The predicted octanol–water partition coefficient (Wildman–Crippen LogP) is 4.37. The molecule has 1 fully saturated rings. The van der Waals surface area contributed by atoms with E-state index in [0.29, 0.717) is 19.7 Å². The number of ether oxygens (including phenoxy) is 1. The standard InChI is InChI=1S/C23H25NO4/c1-15(22(25)26)16-7-6-12-24(13-16)23(27)28-14-21-19-10-4-2-8-17(19)18-9-3-5-11-20(18)21/h2-5,8-11,15-16,21H,6-7,12-14H2,1H3,(H,25,26). The Morgan fingerprint density at radius 3 is 2.32 bits per heavy atom. The molecule has 2 aromatic carbocycles. The van der Waals surface area contributed by atoms with E-state index in [-0.39, 0.29) is 17.9 Å². The Kier molecular flexibility index (Phi) is 5.07. The van der Waals surface area contributed by atoms with Gasteiger partial charge in [-0.15, -0.1) is 0 Å². The van der Waals surface area contributed by atoms with Gasteiger partial charge in [0.25, 0.3) is 0 Å². The minimum atomic E-state index is -0.806. The van der Waals surface area contributed by atoms with Gasteiger partial charge in [-0.05, 0) is 41.0 Å². The van der Waals surface area contributed by atoms with Crippen molar-refractivity contribution in [1.29, 1.82) is 0 Å². The van der Waals surface area contributed by atoms with Gasteiger partial charge in [-0.3, -0.25) is 4.79 Å². The molecule has 2 unspecified atom stereocenters. The summed E-state index contributed by atoms with van der Waals surface area (Å²) in [6.07, 6.45) is 1.30. The van der Waals surface area contributed by atoms with Crippen molar-refractivity contribution in [1.82, 2.24) is 4.90 Å². The van der Waals surface area contributed by atoms with Crippen molar-refractivity contribution in [2.45, 2.75) is 25.7 Å². The topological polar surface area (TPSA) is 66.8 Å². The van der Waals surface area contributed by atoms with Crippen LogP contribution in [-0.4, -0.2) is 41.8 Å². The SMILES string of the molecule is CC(C(=O)O)C1CCCN(C(=O)OCC2c3ccccc3-c3ccccc32)C1. The molecule has 5 nitrogen and oxygen atoms in total. The van der Waals surface area contributed by atoms with Gasteiger partial charge in [-0.2, -0.15) is 0 Å². The lowest BCUT2D eigenvalue weighted by Crippen LogP contribution is -2.43. The first-order valence-electron chi connectivity index (χ1n) is 9.89. The van der Waals surface area contributed by atoms with E-state index in [4.69, 9.17) is 4.74 Å². The van der Waals surface area contributed by atoms with E-state index in [0.717, 1.165) is 12.8 Å². The highest BCUT2D eigenvalue weighted by atomic mass is 16.6. The van der Waals surface area contributed by atoms with Gasteiger partial charge in [-0.1, -0.05) is 55.5 Å². The Morgan fingerprint density at radius 1 is 1.11 bits per heavy atom. The molecule has 1 aliphatic carbocycles. The molecule has 0 saturated carbocycles. The van der Waals surface area contributed by atoms with Crippen LogP contribution in [0.2, 0.25) is 0 Å². The van der Waals surface area contributed by atoms with Crippen LogP contribution >= 0.6 is 0 Å². The molecule has 1 amide bonds. The molecule has 0 bridgehead atoms. The summed E-state index contributed by atoms with van der Waals surface area (Å²) in [5.74, 6) is -1.25. The summed E-state index contributed by atoms with van der Waals surface area (Å²) in [5, 5.41) is 9.26. The van der Waals surface area contributed by atoms with Crippen LogP contribution in [0.3, 0.4) is 0 Å². The number of piperidine rings is 1. The van der Waals surface area contributed by atoms with Crippen molar-refractivity contribution >= 4 is 12.1 Å². The van der Waals surface area contributed by atoms with E-state index in [1.54, 1.807) is 11.8 Å².